The van der Waals surface area contributed by atoms with Gasteiger partial charge in [-0.2, -0.15) is 4.98 Å². The molecule has 12 heteroatoms. The molecule has 0 bridgehead atoms. The number of hydrogen-bond donors (Lipinski definition) is 4. The van der Waals surface area contributed by atoms with Crippen LogP contribution in [0.15, 0.2) is 57.9 Å². The number of rotatable bonds is 11. The number of anilines is 2. The van der Waals surface area contributed by atoms with Gasteiger partial charge in [-0.25, -0.2) is 12.8 Å². The van der Waals surface area contributed by atoms with Gasteiger partial charge in [-0.05, 0) is 69.6 Å². The standard InChI is InChI=1S/C23H29FN6O4S/c1-23(2,14-24)22(31)27-16-8-10-17(11-9-16)30-35(32,33)18-6-3-5-15(13-18)20-28-21(34-29-20)19(26)7-4-12-25/h3,5-6,8-11,13,19,30H,4,7,12,14,25-26H2,1-2H3,(H,27,31)/t19-/m0/s1. The summed E-state index contributed by atoms with van der Waals surface area (Å²) < 4.78 is 46.6. The summed E-state index contributed by atoms with van der Waals surface area (Å²) in [7, 11) is -3.94. The van der Waals surface area contributed by atoms with E-state index in [1.807, 2.05) is 0 Å². The fourth-order valence-electron chi connectivity index (χ4n) is 2.96. The highest BCUT2D eigenvalue weighted by atomic mass is 32.2. The lowest BCUT2D eigenvalue weighted by molar-refractivity contribution is -0.124. The summed E-state index contributed by atoms with van der Waals surface area (Å²) in [6, 6.07) is 11.7. The number of sulfonamides is 1. The van der Waals surface area contributed by atoms with Gasteiger partial charge in [0.05, 0.1) is 16.4 Å². The summed E-state index contributed by atoms with van der Waals surface area (Å²) in [6.45, 7) is 2.67. The van der Waals surface area contributed by atoms with E-state index in [1.54, 1.807) is 12.1 Å². The molecular weight excluding hydrogens is 475 g/mol. The van der Waals surface area contributed by atoms with Crippen molar-refractivity contribution in [2.45, 2.75) is 37.6 Å². The summed E-state index contributed by atoms with van der Waals surface area (Å²) >= 11 is 0. The summed E-state index contributed by atoms with van der Waals surface area (Å²) in [5.74, 6) is -0.00595. The lowest BCUT2D eigenvalue weighted by Gasteiger charge is -2.19. The maximum Gasteiger partial charge on any atom is 0.261 e. The Balaban J connectivity index is 1.72. The van der Waals surface area contributed by atoms with E-state index in [9.17, 15) is 17.6 Å². The third kappa shape index (κ3) is 6.62. The van der Waals surface area contributed by atoms with Crippen LogP contribution in [0.2, 0.25) is 0 Å². The van der Waals surface area contributed by atoms with E-state index in [4.69, 9.17) is 16.0 Å². The van der Waals surface area contributed by atoms with Crippen LogP contribution in [0.3, 0.4) is 0 Å². The molecule has 0 aliphatic heterocycles. The van der Waals surface area contributed by atoms with Crippen molar-refractivity contribution in [3.63, 3.8) is 0 Å². The van der Waals surface area contributed by atoms with Gasteiger partial charge in [0.25, 0.3) is 10.0 Å². The molecule has 0 aliphatic rings. The highest BCUT2D eigenvalue weighted by molar-refractivity contribution is 7.92. The molecular formula is C23H29FN6O4S. The number of carbonyl (C=O) groups is 1. The lowest BCUT2D eigenvalue weighted by atomic mass is 9.94. The molecule has 2 aromatic carbocycles. The van der Waals surface area contributed by atoms with Crippen molar-refractivity contribution in [3.8, 4) is 11.4 Å². The second kappa shape index (κ2) is 10.9. The summed E-state index contributed by atoms with van der Waals surface area (Å²) in [6.07, 6.45) is 1.30. The van der Waals surface area contributed by atoms with Crippen molar-refractivity contribution < 1.29 is 22.1 Å². The molecule has 0 fully saturated rings. The zero-order chi connectivity index (χ0) is 25.6. The maximum atomic E-state index is 13.0. The monoisotopic (exact) mass is 504 g/mol. The summed E-state index contributed by atoms with van der Waals surface area (Å²) in [4.78, 5) is 16.4. The van der Waals surface area contributed by atoms with E-state index in [0.717, 1.165) is 0 Å². The third-order valence-electron chi connectivity index (χ3n) is 5.22. The number of nitrogens with two attached hydrogens (primary N) is 2. The van der Waals surface area contributed by atoms with Crippen LogP contribution in [-0.2, 0) is 14.8 Å². The highest BCUT2D eigenvalue weighted by Gasteiger charge is 2.27. The molecule has 188 valence electrons. The SMILES string of the molecule is CC(C)(CF)C(=O)Nc1ccc(NS(=O)(=O)c2cccc(-c3noc([C@@H](N)CCCN)n3)c2)cc1. The molecule has 3 rings (SSSR count). The number of hydrogen-bond acceptors (Lipinski definition) is 8. The number of halogens is 1. The number of alkyl halides is 1. The minimum Gasteiger partial charge on any atom is -0.337 e. The van der Waals surface area contributed by atoms with Crippen molar-refractivity contribution in [1.29, 1.82) is 0 Å². The second-order valence-corrected chi connectivity index (χ2v) is 10.4. The van der Waals surface area contributed by atoms with Gasteiger partial charge >= 0.3 is 0 Å². The van der Waals surface area contributed by atoms with Crippen LogP contribution >= 0.6 is 0 Å². The highest BCUT2D eigenvalue weighted by Crippen LogP contribution is 2.25. The molecule has 1 heterocycles. The minimum absolute atomic E-state index is 0.00384. The quantitative estimate of drug-likeness (QED) is 0.309. The Labute approximate surface area is 203 Å². The number of nitrogens with one attached hydrogen (secondary N) is 2. The van der Waals surface area contributed by atoms with Gasteiger partial charge in [-0.15, -0.1) is 0 Å². The van der Waals surface area contributed by atoms with E-state index in [-0.39, 0.29) is 22.3 Å². The van der Waals surface area contributed by atoms with E-state index >= 15 is 0 Å². The second-order valence-electron chi connectivity index (χ2n) is 8.68. The molecule has 6 N–H and O–H groups in total. The molecule has 0 spiro atoms. The molecule has 35 heavy (non-hydrogen) atoms. The fraction of sp³-hybridized carbons (Fsp3) is 0.348. The molecule has 1 amide bonds. The summed E-state index contributed by atoms with van der Waals surface area (Å²) in [5, 5.41) is 6.52. The van der Waals surface area contributed by atoms with E-state index in [2.05, 4.69) is 20.2 Å². The number of aromatic nitrogens is 2. The predicted molar refractivity (Wildman–Crippen MR) is 131 cm³/mol. The van der Waals surface area contributed by atoms with Crippen LogP contribution in [-0.4, -0.2) is 37.7 Å². The van der Waals surface area contributed by atoms with Crippen LogP contribution in [0.5, 0.6) is 0 Å². The average Bonchev–Trinajstić information content (AvgIpc) is 3.34. The normalized spacial score (nSPS) is 12.8. The molecule has 0 saturated carbocycles. The first kappa shape index (κ1) is 26.3. The molecule has 0 unspecified atom stereocenters. The average molecular weight is 505 g/mol. The topological polar surface area (TPSA) is 166 Å². The Kier molecular flexibility index (Phi) is 8.20. The smallest absolute Gasteiger partial charge is 0.261 e. The lowest BCUT2D eigenvalue weighted by Crippen LogP contribution is -2.32. The van der Waals surface area contributed by atoms with Crippen molar-refractivity contribution in [1.82, 2.24) is 10.1 Å². The Hall–Kier alpha value is -3.35. The Morgan fingerprint density at radius 3 is 2.51 bits per heavy atom. The van der Waals surface area contributed by atoms with Gasteiger partial charge in [0.15, 0.2) is 0 Å². The maximum absolute atomic E-state index is 13.0. The number of amides is 1. The molecule has 0 saturated heterocycles. The van der Waals surface area contributed by atoms with Crippen LogP contribution in [0.4, 0.5) is 15.8 Å². The van der Waals surface area contributed by atoms with E-state index in [0.29, 0.717) is 30.6 Å². The predicted octanol–water partition coefficient (Wildman–Crippen LogP) is 3.21. The van der Waals surface area contributed by atoms with Gasteiger partial charge < -0.3 is 21.3 Å². The summed E-state index contributed by atoms with van der Waals surface area (Å²) in [5.41, 5.74) is 11.5. The Morgan fingerprint density at radius 1 is 1.17 bits per heavy atom. The first-order valence-corrected chi connectivity index (χ1v) is 12.4. The molecule has 10 nitrogen and oxygen atoms in total. The van der Waals surface area contributed by atoms with Gasteiger partial charge in [-0.3, -0.25) is 9.52 Å². The number of nitrogens with zero attached hydrogens (tertiary/aromatic N) is 2. The number of benzene rings is 2. The van der Waals surface area contributed by atoms with E-state index in [1.165, 1.54) is 50.2 Å². The van der Waals surface area contributed by atoms with Gasteiger partial charge in [0.2, 0.25) is 17.6 Å². The van der Waals surface area contributed by atoms with Crippen molar-refractivity contribution in [2.75, 3.05) is 23.3 Å². The zero-order valence-electron chi connectivity index (χ0n) is 19.5. The van der Waals surface area contributed by atoms with Gasteiger partial charge in [0.1, 0.15) is 6.67 Å². The van der Waals surface area contributed by atoms with E-state index < -0.39 is 34.1 Å². The van der Waals surface area contributed by atoms with Crippen LogP contribution in [0.1, 0.15) is 38.6 Å². The zero-order valence-corrected chi connectivity index (χ0v) is 20.3. The number of carbonyl (C=O) groups excluding carboxylic acids is 1. The molecule has 3 aromatic rings. The first-order chi connectivity index (χ1) is 16.6. The van der Waals surface area contributed by atoms with Crippen molar-refractivity contribution in [3.05, 3.63) is 54.4 Å². The van der Waals surface area contributed by atoms with Crippen molar-refractivity contribution >= 4 is 27.3 Å². The van der Waals surface area contributed by atoms with Crippen molar-refractivity contribution in [2.24, 2.45) is 16.9 Å². The molecule has 1 atom stereocenters. The minimum atomic E-state index is -3.94. The van der Waals surface area contributed by atoms with Crippen LogP contribution in [0.25, 0.3) is 11.4 Å². The molecule has 1 aromatic heterocycles. The van der Waals surface area contributed by atoms with Gasteiger partial charge in [-0.1, -0.05) is 17.3 Å². The molecule has 0 radical (unpaired) electrons. The first-order valence-electron chi connectivity index (χ1n) is 11.0. The Morgan fingerprint density at radius 2 is 1.86 bits per heavy atom. The van der Waals surface area contributed by atoms with Crippen LogP contribution < -0.4 is 21.5 Å². The third-order valence-corrected chi connectivity index (χ3v) is 6.60. The Bertz CT molecular complexity index is 1260. The van der Waals surface area contributed by atoms with Crippen LogP contribution in [0, 0.1) is 5.41 Å². The fourth-order valence-corrected chi connectivity index (χ4v) is 4.07. The largest absolute Gasteiger partial charge is 0.337 e. The molecule has 0 aliphatic carbocycles. The van der Waals surface area contributed by atoms with Gasteiger partial charge in [0, 0.05) is 16.9 Å².